The number of aryl methyl sites for hydroxylation is 1. The maximum atomic E-state index is 14.6. The van der Waals surface area contributed by atoms with Crippen LogP contribution in [0.3, 0.4) is 0 Å². The molecule has 2 aromatic heterocycles. The van der Waals surface area contributed by atoms with Gasteiger partial charge >= 0.3 is 5.76 Å². The average Bonchev–Trinajstić information content (AvgIpc) is 3.38. The predicted octanol–water partition coefficient (Wildman–Crippen LogP) is 2.96. The quantitative estimate of drug-likeness (QED) is 0.415. The van der Waals surface area contributed by atoms with Crippen molar-refractivity contribution in [3.63, 3.8) is 0 Å². The van der Waals surface area contributed by atoms with Crippen molar-refractivity contribution >= 4 is 10.9 Å². The van der Waals surface area contributed by atoms with Gasteiger partial charge in [0, 0.05) is 24.6 Å². The number of hydrogen-bond acceptors (Lipinski definition) is 6. The van der Waals surface area contributed by atoms with Crippen LogP contribution in [-0.2, 0) is 13.0 Å². The van der Waals surface area contributed by atoms with E-state index in [1.165, 1.54) is 16.8 Å². The highest BCUT2D eigenvalue weighted by Crippen LogP contribution is 2.33. The van der Waals surface area contributed by atoms with Gasteiger partial charge in [0.25, 0.3) is 5.56 Å². The smallest absolute Gasteiger partial charge is 0.441 e. The molecule has 0 fully saturated rings. The van der Waals surface area contributed by atoms with Gasteiger partial charge in [-0.05, 0) is 67.7 Å². The summed E-state index contributed by atoms with van der Waals surface area (Å²) >= 11 is 0. The number of nitrogens with zero attached hydrogens (tertiary/aromatic N) is 3. The van der Waals surface area contributed by atoms with E-state index >= 15 is 0 Å². The molecule has 0 spiro atoms. The summed E-state index contributed by atoms with van der Waals surface area (Å²) in [6.45, 7) is 3.39. The molecule has 170 valence electrons. The average molecular weight is 450 g/mol. The van der Waals surface area contributed by atoms with Crippen molar-refractivity contribution in [1.29, 1.82) is 0 Å². The molecular formula is C24H23FN4O4. The second-order valence-electron chi connectivity index (χ2n) is 7.89. The maximum absolute atomic E-state index is 14.6. The Balaban J connectivity index is 1.23. The summed E-state index contributed by atoms with van der Waals surface area (Å²) in [4.78, 5) is 24.4. The first kappa shape index (κ1) is 21.1. The third-order valence-electron chi connectivity index (χ3n) is 5.79. The van der Waals surface area contributed by atoms with Gasteiger partial charge in [0.2, 0.25) is 5.89 Å². The van der Waals surface area contributed by atoms with Gasteiger partial charge in [-0.3, -0.25) is 4.79 Å². The van der Waals surface area contributed by atoms with Crippen LogP contribution in [-0.4, -0.2) is 27.5 Å². The zero-order valence-electron chi connectivity index (χ0n) is 18.1. The molecule has 0 radical (unpaired) electrons. The molecule has 9 heteroatoms. The van der Waals surface area contributed by atoms with Crippen molar-refractivity contribution in [3.8, 4) is 11.4 Å². The third kappa shape index (κ3) is 3.95. The van der Waals surface area contributed by atoms with E-state index < -0.39 is 5.76 Å². The maximum Gasteiger partial charge on any atom is 0.441 e. The van der Waals surface area contributed by atoms with Crippen LogP contribution in [0.2, 0.25) is 0 Å². The molecular weight excluding hydrogens is 427 g/mol. The number of benzene rings is 2. The molecule has 1 aliphatic rings. The molecule has 1 N–H and O–H groups in total. The monoisotopic (exact) mass is 450 g/mol. The SMILES string of the molecule is CCOc1ccc(-n2nc(CCCN[C@H]3Cn4c(=O)ccc5ccc(F)c3c54)oc2=O)cc1. The lowest BCUT2D eigenvalue weighted by Gasteiger charge is -2.13. The van der Waals surface area contributed by atoms with E-state index in [4.69, 9.17) is 9.15 Å². The molecule has 0 bridgehead atoms. The summed E-state index contributed by atoms with van der Waals surface area (Å²) in [5, 5.41) is 8.45. The Labute approximate surface area is 188 Å². The van der Waals surface area contributed by atoms with Gasteiger partial charge in [-0.2, -0.15) is 4.68 Å². The highest BCUT2D eigenvalue weighted by Gasteiger charge is 2.28. The summed E-state index contributed by atoms with van der Waals surface area (Å²) in [6.07, 6.45) is 1.07. The molecule has 2 aromatic carbocycles. The lowest BCUT2D eigenvalue weighted by molar-refractivity contribution is 0.340. The standard InChI is InChI=1S/C24H23FN4O4/c1-2-32-17-9-7-16(8-10-17)29-24(31)33-20(27-29)4-3-13-26-19-14-28-21(30)12-6-15-5-11-18(25)22(19)23(15)28/h5-12,19,26H,2-4,13-14H2,1H3/t19-/m0/s1. The second kappa shape index (κ2) is 8.67. The van der Waals surface area contributed by atoms with E-state index in [9.17, 15) is 14.0 Å². The highest BCUT2D eigenvalue weighted by atomic mass is 19.1. The summed E-state index contributed by atoms with van der Waals surface area (Å²) in [6, 6.07) is 13.1. The molecule has 0 amide bonds. The summed E-state index contributed by atoms with van der Waals surface area (Å²) in [5.74, 6) is 0.167. The third-order valence-corrected chi connectivity index (χ3v) is 5.79. The fraction of sp³-hybridized carbons (Fsp3) is 0.292. The van der Waals surface area contributed by atoms with E-state index in [1.54, 1.807) is 41.0 Å². The number of rotatable bonds is 8. The topological polar surface area (TPSA) is 91.3 Å². The van der Waals surface area contributed by atoms with Crippen LogP contribution in [0, 0.1) is 5.82 Å². The first-order valence-electron chi connectivity index (χ1n) is 10.9. The van der Waals surface area contributed by atoms with Crippen LogP contribution in [0.4, 0.5) is 4.39 Å². The Morgan fingerprint density at radius 1 is 1.15 bits per heavy atom. The molecule has 33 heavy (non-hydrogen) atoms. The zero-order valence-corrected chi connectivity index (χ0v) is 18.1. The number of ether oxygens (including phenoxy) is 1. The number of hydrogen-bond donors (Lipinski definition) is 1. The van der Waals surface area contributed by atoms with E-state index in [-0.39, 0.29) is 17.4 Å². The molecule has 0 aliphatic carbocycles. The van der Waals surface area contributed by atoms with Crippen molar-refractivity contribution < 1.29 is 13.5 Å². The molecule has 1 atom stereocenters. The first-order chi connectivity index (χ1) is 16.0. The van der Waals surface area contributed by atoms with E-state index in [0.717, 1.165) is 5.39 Å². The Hall–Kier alpha value is -3.72. The Morgan fingerprint density at radius 3 is 2.73 bits per heavy atom. The number of nitrogens with one attached hydrogen (secondary N) is 1. The summed E-state index contributed by atoms with van der Waals surface area (Å²) in [5.41, 5.74) is 1.63. The molecule has 8 nitrogen and oxygen atoms in total. The lowest BCUT2D eigenvalue weighted by atomic mass is 10.1. The molecule has 0 saturated carbocycles. The van der Waals surface area contributed by atoms with Crippen LogP contribution in [0.25, 0.3) is 16.6 Å². The lowest BCUT2D eigenvalue weighted by Crippen LogP contribution is -2.26. The number of pyridine rings is 1. The first-order valence-corrected chi connectivity index (χ1v) is 10.9. The minimum atomic E-state index is -0.554. The van der Waals surface area contributed by atoms with Crippen molar-refractivity contribution in [2.75, 3.05) is 13.2 Å². The minimum absolute atomic E-state index is 0.139. The highest BCUT2D eigenvalue weighted by molar-refractivity contribution is 5.84. The van der Waals surface area contributed by atoms with Gasteiger partial charge in [-0.15, -0.1) is 5.10 Å². The summed E-state index contributed by atoms with van der Waals surface area (Å²) < 4.78 is 28.1. The van der Waals surface area contributed by atoms with Gasteiger partial charge in [-0.25, -0.2) is 9.18 Å². The number of halogens is 1. The van der Waals surface area contributed by atoms with Gasteiger partial charge in [0.1, 0.15) is 11.6 Å². The molecule has 0 unspecified atom stereocenters. The van der Waals surface area contributed by atoms with E-state index in [2.05, 4.69) is 10.4 Å². The van der Waals surface area contributed by atoms with Crippen LogP contribution in [0.15, 0.2) is 62.5 Å². The fourth-order valence-electron chi connectivity index (χ4n) is 4.30. The fourth-order valence-corrected chi connectivity index (χ4v) is 4.30. The van der Waals surface area contributed by atoms with Crippen molar-refractivity contribution in [3.05, 3.63) is 86.7 Å². The van der Waals surface area contributed by atoms with Crippen molar-refractivity contribution in [1.82, 2.24) is 19.7 Å². The Bertz CT molecular complexity index is 1420. The molecule has 5 rings (SSSR count). The zero-order chi connectivity index (χ0) is 22.9. The Morgan fingerprint density at radius 2 is 1.94 bits per heavy atom. The van der Waals surface area contributed by atoms with Gasteiger partial charge in [0.05, 0.1) is 23.9 Å². The van der Waals surface area contributed by atoms with Crippen molar-refractivity contribution in [2.24, 2.45) is 0 Å². The second-order valence-corrected chi connectivity index (χ2v) is 7.89. The van der Waals surface area contributed by atoms with Gasteiger partial charge < -0.3 is 19.0 Å². The number of aromatic nitrogens is 3. The van der Waals surface area contributed by atoms with Gasteiger partial charge in [-0.1, -0.05) is 0 Å². The molecule has 0 saturated heterocycles. The van der Waals surface area contributed by atoms with Crippen LogP contribution < -0.4 is 21.4 Å². The molecule has 1 aliphatic heterocycles. The predicted molar refractivity (Wildman–Crippen MR) is 120 cm³/mol. The van der Waals surface area contributed by atoms with E-state index in [1.807, 2.05) is 6.92 Å². The van der Waals surface area contributed by atoms with E-state index in [0.29, 0.717) is 60.9 Å². The van der Waals surface area contributed by atoms with Gasteiger partial charge in [0.15, 0.2) is 0 Å². The largest absolute Gasteiger partial charge is 0.494 e. The van der Waals surface area contributed by atoms with Crippen LogP contribution >= 0.6 is 0 Å². The minimum Gasteiger partial charge on any atom is -0.494 e. The summed E-state index contributed by atoms with van der Waals surface area (Å²) in [7, 11) is 0. The molecule has 4 aromatic rings. The van der Waals surface area contributed by atoms with Crippen LogP contribution in [0.5, 0.6) is 5.75 Å². The van der Waals surface area contributed by atoms with Crippen LogP contribution in [0.1, 0.15) is 30.8 Å². The van der Waals surface area contributed by atoms with Crippen molar-refractivity contribution in [2.45, 2.75) is 32.4 Å². The Kier molecular flexibility index (Phi) is 5.55. The molecule has 3 heterocycles. The normalized spacial score (nSPS) is 14.8.